The third-order valence-electron chi connectivity index (χ3n) is 3.48. The van der Waals surface area contributed by atoms with Crippen molar-refractivity contribution < 1.29 is 14.3 Å². The molecule has 1 heterocycles. The van der Waals surface area contributed by atoms with Crippen LogP contribution in [0.15, 0.2) is 5.38 Å². The summed E-state index contributed by atoms with van der Waals surface area (Å²) >= 11 is 3.00. The number of aromatic nitrogens is 1. The van der Waals surface area contributed by atoms with E-state index in [-0.39, 0.29) is 17.0 Å². The molecule has 2 unspecified atom stereocenters. The predicted octanol–water partition coefficient (Wildman–Crippen LogP) is 2.72. The first-order valence-electron chi connectivity index (χ1n) is 7.10. The third kappa shape index (κ3) is 4.44. The van der Waals surface area contributed by atoms with Crippen molar-refractivity contribution in [1.82, 2.24) is 10.3 Å². The number of carbonyl (C=O) groups is 2. The van der Waals surface area contributed by atoms with Crippen LogP contribution in [0, 0.1) is 0 Å². The second-order valence-corrected chi connectivity index (χ2v) is 6.95. The highest BCUT2D eigenvalue weighted by molar-refractivity contribution is 7.99. The molecule has 1 aliphatic carbocycles. The number of thioether (sulfide) groups is 1. The Morgan fingerprint density at radius 3 is 3.05 bits per heavy atom. The zero-order valence-corrected chi connectivity index (χ0v) is 13.9. The van der Waals surface area contributed by atoms with E-state index in [1.165, 1.54) is 6.42 Å². The number of ether oxygens (including phenoxy) is 1. The van der Waals surface area contributed by atoms with E-state index in [1.807, 2.05) is 11.8 Å². The average molecular weight is 328 g/mol. The van der Waals surface area contributed by atoms with Crippen LogP contribution < -0.4 is 5.32 Å². The average Bonchev–Trinajstić information content (AvgIpc) is 2.98. The monoisotopic (exact) mass is 328 g/mol. The van der Waals surface area contributed by atoms with Gasteiger partial charge in [0, 0.05) is 16.7 Å². The van der Waals surface area contributed by atoms with Crippen LogP contribution >= 0.6 is 23.1 Å². The molecular weight excluding hydrogens is 308 g/mol. The molecule has 1 fully saturated rings. The van der Waals surface area contributed by atoms with E-state index in [0.29, 0.717) is 17.6 Å². The number of amides is 1. The van der Waals surface area contributed by atoms with Crippen molar-refractivity contribution in [2.45, 2.75) is 43.9 Å². The van der Waals surface area contributed by atoms with E-state index in [1.54, 1.807) is 12.3 Å². The van der Waals surface area contributed by atoms with E-state index in [9.17, 15) is 9.59 Å². The van der Waals surface area contributed by atoms with Gasteiger partial charge in [-0.1, -0.05) is 6.42 Å². The first-order chi connectivity index (χ1) is 10.1. The molecule has 1 aromatic heterocycles. The van der Waals surface area contributed by atoms with Crippen LogP contribution in [0.3, 0.4) is 0 Å². The summed E-state index contributed by atoms with van der Waals surface area (Å²) in [7, 11) is 0. The molecule has 0 saturated heterocycles. The standard InChI is InChI=1S/C14H20N2O3S2/c1-3-19-14(18)13-16-11(8-21-13)12(17)15-9-5-4-6-10(7-9)20-2/h8-10H,3-7H2,1-2H3,(H,15,17). The number of hydrogen-bond donors (Lipinski definition) is 1. The van der Waals surface area contributed by atoms with Gasteiger partial charge in [-0.2, -0.15) is 11.8 Å². The highest BCUT2D eigenvalue weighted by Gasteiger charge is 2.24. The Hall–Kier alpha value is -1.08. The van der Waals surface area contributed by atoms with Crippen LogP contribution in [0.25, 0.3) is 0 Å². The molecule has 0 aliphatic heterocycles. The first kappa shape index (κ1) is 16.3. The van der Waals surface area contributed by atoms with Gasteiger partial charge in [0.15, 0.2) is 0 Å². The van der Waals surface area contributed by atoms with E-state index in [4.69, 9.17) is 4.74 Å². The summed E-state index contributed by atoms with van der Waals surface area (Å²) in [5.41, 5.74) is 0.300. The van der Waals surface area contributed by atoms with Crippen molar-refractivity contribution in [1.29, 1.82) is 0 Å². The molecule has 1 saturated carbocycles. The fraction of sp³-hybridized carbons (Fsp3) is 0.643. The maximum absolute atomic E-state index is 12.2. The minimum absolute atomic E-state index is 0.200. The maximum atomic E-state index is 12.2. The van der Waals surface area contributed by atoms with Gasteiger partial charge >= 0.3 is 5.97 Å². The second-order valence-electron chi connectivity index (χ2n) is 4.95. The van der Waals surface area contributed by atoms with Gasteiger partial charge in [0.1, 0.15) is 5.69 Å². The molecule has 1 N–H and O–H groups in total. The largest absolute Gasteiger partial charge is 0.461 e. The SMILES string of the molecule is CCOC(=O)c1nc(C(=O)NC2CCCC(SC)C2)cs1. The fourth-order valence-electron chi connectivity index (χ4n) is 2.41. The molecule has 1 aromatic rings. The zero-order valence-electron chi connectivity index (χ0n) is 12.3. The molecule has 0 bridgehead atoms. The second kappa shape index (κ2) is 7.79. The maximum Gasteiger partial charge on any atom is 0.367 e. The molecule has 116 valence electrons. The first-order valence-corrected chi connectivity index (χ1v) is 9.27. The normalized spacial score (nSPS) is 21.8. The molecule has 2 atom stereocenters. The summed E-state index contributed by atoms with van der Waals surface area (Å²) in [6.07, 6.45) is 6.49. The van der Waals surface area contributed by atoms with Crippen LogP contribution in [0.4, 0.5) is 0 Å². The van der Waals surface area contributed by atoms with E-state index in [2.05, 4.69) is 16.6 Å². The van der Waals surface area contributed by atoms with E-state index >= 15 is 0 Å². The number of nitrogens with one attached hydrogen (secondary N) is 1. The summed E-state index contributed by atoms with van der Waals surface area (Å²) in [6.45, 7) is 2.04. The number of rotatable bonds is 5. The van der Waals surface area contributed by atoms with Crippen molar-refractivity contribution in [3.05, 3.63) is 16.1 Å². The molecule has 5 nitrogen and oxygen atoms in total. The van der Waals surface area contributed by atoms with E-state index < -0.39 is 5.97 Å². The molecule has 0 spiro atoms. The molecule has 1 amide bonds. The summed E-state index contributed by atoms with van der Waals surface area (Å²) in [4.78, 5) is 27.8. The van der Waals surface area contributed by atoms with Crippen LogP contribution in [0.5, 0.6) is 0 Å². The summed E-state index contributed by atoms with van der Waals surface area (Å²) < 4.78 is 4.87. The summed E-state index contributed by atoms with van der Waals surface area (Å²) in [5.74, 6) is -0.671. The smallest absolute Gasteiger partial charge is 0.367 e. The van der Waals surface area contributed by atoms with Crippen molar-refractivity contribution >= 4 is 35.0 Å². The highest BCUT2D eigenvalue weighted by atomic mass is 32.2. The van der Waals surface area contributed by atoms with Gasteiger partial charge < -0.3 is 10.1 Å². The third-order valence-corrected chi connectivity index (χ3v) is 5.40. The topological polar surface area (TPSA) is 68.3 Å². The Balaban J connectivity index is 1.92. The lowest BCUT2D eigenvalue weighted by Gasteiger charge is -2.28. The molecule has 1 aliphatic rings. The van der Waals surface area contributed by atoms with Crippen LogP contribution in [-0.2, 0) is 4.74 Å². The number of nitrogens with zero attached hydrogens (tertiary/aromatic N) is 1. The van der Waals surface area contributed by atoms with Gasteiger partial charge in [-0.25, -0.2) is 9.78 Å². The molecule has 7 heteroatoms. The minimum Gasteiger partial charge on any atom is -0.461 e. The quantitative estimate of drug-likeness (QED) is 0.842. The van der Waals surface area contributed by atoms with Crippen molar-refractivity contribution in [3.8, 4) is 0 Å². The van der Waals surface area contributed by atoms with Crippen LogP contribution in [0.1, 0.15) is 52.9 Å². The lowest BCUT2D eigenvalue weighted by atomic mass is 9.95. The summed E-state index contributed by atoms with van der Waals surface area (Å²) in [5, 5.41) is 5.48. The van der Waals surface area contributed by atoms with Gasteiger partial charge in [0.05, 0.1) is 6.61 Å². The molecule has 0 radical (unpaired) electrons. The van der Waals surface area contributed by atoms with Gasteiger partial charge in [-0.15, -0.1) is 11.3 Å². The Labute approximate surface area is 132 Å². The number of hydrogen-bond acceptors (Lipinski definition) is 6. The molecular formula is C14H20N2O3S2. The predicted molar refractivity (Wildman–Crippen MR) is 85.1 cm³/mol. The molecule has 2 rings (SSSR count). The molecule has 0 aromatic carbocycles. The van der Waals surface area contributed by atoms with Gasteiger partial charge in [-0.3, -0.25) is 4.79 Å². The lowest BCUT2D eigenvalue weighted by molar-refractivity contribution is 0.0526. The minimum atomic E-state index is -0.471. The Bertz CT molecular complexity index is 504. The number of esters is 1. The number of thiazole rings is 1. The lowest BCUT2D eigenvalue weighted by Crippen LogP contribution is -2.39. The van der Waals surface area contributed by atoms with Crippen molar-refractivity contribution in [3.63, 3.8) is 0 Å². The Morgan fingerprint density at radius 1 is 1.52 bits per heavy atom. The number of carbonyl (C=O) groups excluding carboxylic acids is 2. The van der Waals surface area contributed by atoms with Gasteiger partial charge in [0.2, 0.25) is 5.01 Å². The molecule has 21 heavy (non-hydrogen) atoms. The fourth-order valence-corrected chi connectivity index (χ4v) is 3.93. The van der Waals surface area contributed by atoms with Crippen molar-refractivity contribution in [2.75, 3.05) is 12.9 Å². The van der Waals surface area contributed by atoms with Crippen LogP contribution in [0.2, 0.25) is 0 Å². The van der Waals surface area contributed by atoms with Gasteiger partial charge in [-0.05, 0) is 32.4 Å². The summed E-state index contributed by atoms with van der Waals surface area (Å²) in [6, 6.07) is 0.205. The van der Waals surface area contributed by atoms with Crippen molar-refractivity contribution in [2.24, 2.45) is 0 Å². The Kier molecular flexibility index (Phi) is 6.05. The zero-order chi connectivity index (χ0) is 15.2. The van der Waals surface area contributed by atoms with E-state index in [0.717, 1.165) is 30.6 Å². The van der Waals surface area contributed by atoms with Gasteiger partial charge in [0.25, 0.3) is 5.91 Å². The highest BCUT2D eigenvalue weighted by Crippen LogP contribution is 2.27. The Morgan fingerprint density at radius 2 is 2.33 bits per heavy atom. The van der Waals surface area contributed by atoms with Crippen LogP contribution in [-0.4, -0.2) is 41.0 Å².